The fourth-order valence-corrected chi connectivity index (χ4v) is 2.94. The minimum Gasteiger partial charge on any atom is -0.291 e. The summed E-state index contributed by atoms with van der Waals surface area (Å²) < 4.78 is 0. The highest BCUT2D eigenvalue weighted by atomic mass is 32.2. The third kappa shape index (κ3) is 4.08. The molecule has 0 radical (unpaired) electrons. The molecule has 110 valence electrons. The lowest BCUT2D eigenvalue weighted by molar-refractivity contribution is 0.305. The molecule has 0 bridgehead atoms. The van der Waals surface area contributed by atoms with E-state index in [-0.39, 0.29) is 5.66 Å². The molecule has 0 aliphatic carbocycles. The van der Waals surface area contributed by atoms with Gasteiger partial charge in [-0.3, -0.25) is 15.6 Å². The van der Waals surface area contributed by atoms with E-state index in [1.54, 1.807) is 0 Å². The van der Waals surface area contributed by atoms with Crippen molar-refractivity contribution in [3.63, 3.8) is 0 Å². The van der Waals surface area contributed by atoms with E-state index >= 15 is 0 Å². The van der Waals surface area contributed by atoms with Gasteiger partial charge in [0.2, 0.25) is 0 Å². The van der Waals surface area contributed by atoms with Crippen LogP contribution in [0.2, 0.25) is 0 Å². The summed E-state index contributed by atoms with van der Waals surface area (Å²) in [6, 6.07) is 9.51. The predicted molar refractivity (Wildman–Crippen MR) is 88.6 cm³/mol. The van der Waals surface area contributed by atoms with Crippen molar-refractivity contribution in [1.29, 1.82) is 0 Å². The van der Waals surface area contributed by atoms with Crippen LogP contribution in [0.1, 0.15) is 33.3 Å². The second-order valence-corrected chi connectivity index (χ2v) is 6.92. The van der Waals surface area contributed by atoms with Crippen LogP contribution in [0.4, 0.5) is 0 Å². The number of hydrogen-bond acceptors (Lipinski definition) is 4. The van der Waals surface area contributed by atoms with Gasteiger partial charge in [0, 0.05) is 23.7 Å². The summed E-state index contributed by atoms with van der Waals surface area (Å²) in [6.07, 6.45) is 2.00. The van der Waals surface area contributed by atoms with Crippen LogP contribution in [0.3, 0.4) is 0 Å². The van der Waals surface area contributed by atoms with Gasteiger partial charge >= 0.3 is 0 Å². The van der Waals surface area contributed by atoms with Crippen LogP contribution in [0, 0.1) is 0 Å². The average Bonchev–Trinajstić information content (AvgIpc) is 2.43. The smallest absolute Gasteiger partial charge is 0.103 e. The Morgan fingerprint density at radius 3 is 2.60 bits per heavy atom. The molecule has 0 amide bonds. The number of rotatable bonds is 5. The van der Waals surface area contributed by atoms with E-state index in [1.165, 1.54) is 10.5 Å². The summed E-state index contributed by atoms with van der Waals surface area (Å²) in [7, 11) is 0. The van der Waals surface area contributed by atoms with Gasteiger partial charge in [0.25, 0.3) is 0 Å². The van der Waals surface area contributed by atoms with Crippen LogP contribution in [0.25, 0.3) is 0 Å². The van der Waals surface area contributed by atoms with Crippen molar-refractivity contribution in [3.05, 3.63) is 29.8 Å². The van der Waals surface area contributed by atoms with E-state index < -0.39 is 0 Å². The number of benzene rings is 1. The molecule has 0 saturated heterocycles. The van der Waals surface area contributed by atoms with E-state index in [9.17, 15) is 0 Å². The first-order chi connectivity index (χ1) is 9.52. The van der Waals surface area contributed by atoms with Gasteiger partial charge in [0.05, 0.1) is 6.04 Å². The van der Waals surface area contributed by atoms with Crippen LogP contribution < -0.4 is 10.6 Å². The largest absolute Gasteiger partial charge is 0.291 e. The van der Waals surface area contributed by atoms with E-state index in [0.29, 0.717) is 12.1 Å². The van der Waals surface area contributed by atoms with Gasteiger partial charge in [-0.25, -0.2) is 0 Å². The second kappa shape index (κ2) is 6.74. The molecule has 2 unspecified atom stereocenters. The first-order valence-electron chi connectivity index (χ1n) is 7.31. The van der Waals surface area contributed by atoms with Gasteiger partial charge < -0.3 is 0 Å². The third-order valence-corrected chi connectivity index (χ3v) is 4.61. The molecule has 1 aliphatic heterocycles. The fourth-order valence-electron chi connectivity index (χ4n) is 2.28. The van der Waals surface area contributed by atoms with Crippen LogP contribution in [-0.2, 0) is 6.54 Å². The quantitative estimate of drug-likeness (QED) is 0.819. The van der Waals surface area contributed by atoms with Crippen molar-refractivity contribution in [2.45, 2.75) is 56.9 Å². The van der Waals surface area contributed by atoms with Crippen molar-refractivity contribution in [2.24, 2.45) is 4.99 Å². The molecule has 0 aromatic heterocycles. The Morgan fingerprint density at radius 1 is 1.30 bits per heavy atom. The molecular formula is C16H25N3S. The topological polar surface area (TPSA) is 36.4 Å². The number of thioether (sulfide) groups is 1. The van der Waals surface area contributed by atoms with Crippen LogP contribution in [-0.4, -0.2) is 29.7 Å². The maximum Gasteiger partial charge on any atom is 0.103 e. The lowest BCUT2D eigenvalue weighted by Gasteiger charge is -2.37. The summed E-state index contributed by atoms with van der Waals surface area (Å²) in [4.78, 5) is 5.90. The Hall–Kier alpha value is -0.840. The Bertz CT molecular complexity index is 457. The van der Waals surface area contributed by atoms with Crippen molar-refractivity contribution in [2.75, 3.05) is 5.75 Å². The SMILES string of the molecule is CCSc1ccc(CNC2(C)C=NC(C)[C@H](C)N2)cc1. The minimum absolute atomic E-state index is 0.219. The Morgan fingerprint density at radius 2 is 2.00 bits per heavy atom. The van der Waals surface area contributed by atoms with Gasteiger partial charge in [0.1, 0.15) is 5.66 Å². The summed E-state index contributed by atoms with van der Waals surface area (Å²) >= 11 is 1.88. The van der Waals surface area contributed by atoms with E-state index in [2.05, 4.69) is 67.6 Å². The number of aliphatic imine (C=N–C) groups is 1. The third-order valence-electron chi connectivity index (χ3n) is 3.71. The molecule has 3 atom stereocenters. The fraction of sp³-hybridized carbons (Fsp3) is 0.562. The average molecular weight is 291 g/mol. The molecule has 3 nitrogen and oxygen atoms in total. The van der Waals surface area contributed by atoms with E-state index in [1.807, 2.05) is 18.0 Å². The monoisotopic (exact) mass is 291 g/mol. The number of nitrogens with one attached hydrogen (secondary N) is 2. The highest BCUT2D eigenvalue weighted by molar-refractivity contribution is 7.99. The molecule has 0 spiro atoms. The lowest BCUT2D eigenvalue weighted by Crippen LogP contribution is -2.62. The van der Waals surface area contributed by atoms with Crippen molar-refractivity contribution < 1.29 is 0 Å². The maximum absolute atomic E-state index is 4.56. The molecule has 20 heavy (non-hydrogen) atoms. The van der Waals surface area contributed by atoms with Crippen LogP contribution in [0.15, 0.2) is 34.2 Å². The highest BCUT2D eigenvalue weighted by Gasteiger charge is 2.29. The standard InChI is InChI=1S/C16H25N3S/c1-5-20-15-8-6-14(7-9-15)10-18-16(4)11-17-12(2)13(3)19-16/h6-9,11-13,18-19H,5,10H2,1-4H3/t12?,13-,16?/m0/s1. The summed E-state index contributed by atoms with van der Waals surface area (Å²) in [5.41, 5.74) is 1.08. The molecular weight excluding hydrogens is 266 g/mol. The zero-order valence-electron chi connectivity index (χ0n) is 12.8. The van der Waals surface area contributed by atoms with Gasteiger partial charge in [-0.1, -0.05) is 19.1 Å². The second-order valence-electron chi connectivity index (χ2n) is 5.58. The first-order valence-corrected chi connectivity index (χ1v) is 8.30. The summed E-state index contributed by atoms with van der Waals surface area (Å²) in [6.45, 7) is 9.47. The predicted octanol–water partition coefficient (Wildman–Crippen LogP) is 3.06. The van der Waals surface area contributed by atoms with Crippen LogP contribution >= 0.6 is 11.8 Å². The molecule has 2 N–H and O–H groups in total. The molecule has 0 saturated carbocycles. The minimum atomic E-state index is -0.219. The number of nitrogens with zero attached hydrogens (tertiary/aromatic N) is 1. The molecule has 2 rings (SSSR count). The highest BCUT2D eigenvalue weighted by Crippen LogP contribution is 2.18. The van der Waals surface area contributed by atoms with Crippen molar-refractivity contribution in [1.82, 2.24) is 10.6 Å². The van der Waals surface area contributed by atoms with Crippen molar-refractivity contribution in [3.8, 4) is 0 Å². The van der Waals surface area contributed by atoms with E-state index in [4.69, 9.17) is 0 Å². The molecule has 1 aromatic rings. The zero-order chi connectivity index (χ0) is 14.6. The van der Waals surface area contributed by atoms with Gasteiger partial charge in [-0.2, -0.15) is 0 Å². The Balaban J connectivity index is 1.93. The van der Waals surface area contributed by atoms with Gasteiger partial charge in [-0.15, -0.1) is 11.8 Å². The van der Waals surface area contributed by atoms with Crippen LogP contribution in [0.5, 0.6) is 0 Å². The van der Waals surface area contributed by atoms with Gasteiger partial charge in [0.15, 0.2) is 0 Å². The Kier molecular flexibility index (Phi) is 5.24. The van der Waals surface area contributed by atoms with Crippen molar-refractivity contribution >= 4 is 18.0 Å². The Labute approximate surface area is 126 Å². The number of hydrogen-bond donors (Lipinski definition) is 2. The summed E-state index contributed by atoms with van der Waals surface area (Å²) in [5, 5.41) is 7.13. The lowest BCUT2D eigenvalue weighted by atomic mass is 10.0. The molecule has 0 fully saturated rings. The first kappa shape index (κ1) is 15.5. The molecule has 4 heteroatoms. The van der Waals surface area contributed by atoms with Gasteiger partial charge in [-0.05, 0) is 44.2 Å². The zero-order valence-corrected chi connectivity index (χ0v) is 13.6. The molecule has 1 aliphatic rings. The van der Waals surface area contributed by atoms with E-state index in [0.717, 1.165) is 12.3 Å². The summed E-state index contributed by atoms with van der Waals surface area (Å²) in [5.74, 6) is 1.12. The maximum atomic E-state index is 4.56. The molecule has 1 aromatic carbocycles. The normalized spacial score (nSPS) is 29.6. The molecule has 1 heterocycles.